The smallest absolute Gasteiger partial charge is 0.309 e. The van der Waals surface area contributed by atoms with Crippen molar-refractivity contribution in [1.29, 1.82) is 0 Å². The third-order valence-electron chi connectivity index (χ3n) is 5.61. The maximum Gasteiger partial charge on any atom is 0.309 e. The van der Waals surface area contributed by atoms with Crippen LogP contribution in [0.15, 0.2) is 24.3 Å². The molecule has 1 aromatic rings. The van der Waals surface area contributed by atoms with Gasteiger partial charge in [0.25, 0.3) is 0 Å². The molecule has 6 nitrogen and oxygen atoms in total. The molecule has 26 heavy (non-hydrogen) atoms. The zero-order chi connectivity index (χ0) is 18.4. The highest BCUT2D eigenvalue weighted by atomic mass is 16.5. The Morgan fingerprint density at radius 1 is 1.15 bits per heavy atom. The monoisotopic (exact) mass is 360 g/mol. The van der Waals surface area contributed by atoms with E-state index in [1.807, 2.05) is 24.3 Å². The SMILES string of the molecule is COc1ccccc1C1(CNC(=O)C(=O)NC2CCCC2)CCOCC1. The van der Waals surface area contributed by atoms with Gasteiger partial charge in [0, 0.05) is 36.8 Å². The lowest BCUT2D eigenvalue weighted by Gasteiger charge is -2.38. The Hall–Kier alpha value is -2.08. The van der Waals surface area contributed by atoms with Crippen LogP contribution in [0, 0.1) is 0 Å². The van der Waals surface area contributed by atoms with Gasteiger partial charge in [-0.05, 0) is 31.7 Å². The molecule has 1 aromatic carbocycles. The van der Waals surface area contributed by atoms with Crippen molar-refractivity contribution < 1.29 is 19.1 Å². The van der Waals surface area contributed by atoms with Crippen molar-refractivity contribution in [2.24, 2.45) is 0 Å². The summed E-state index contributed by atoms with van der Waals surface area (Å²) in [5.74, 6) is -0.282. The molecule has 1 saturated heterocycles. The summed E-state index contributed by atoms with van der Waals surface area (Å²) in [5, 5.41) is 5.70. The van der Waals surface area contributed by atoms with E-state index in [4.69, 9.17) is 9.47 Å². The first-order chi connectivity index (χ1) is 12.6. The van der Waals surface area contributed by atoms with Gasteiger partial charge in [-0.25, -0.2) is 0 Å². The van der Waals surface area contributed by atoms with Crippen molar-refractivity contribution >= 4 is 11.8 Å². The second kappa shape index (κ2) is 8.54. The number of hydrogen-bond acceptors (Lipinski definition) is 4. The molecule has 0 atom stereocenters. The van der Waals surface area contributed by atoms with E-state index in [1.165, 1.54) is 0 Å². The van der Waals surface area contributed by atoms with E-state index in [0.717, 1.165) is 49.8 Å². The zero-order valence-corrected chi connectivity index (χ0v) is 15.4. The number of carbonyl (C=O) groups excluding carboxylic acids is 2. The molecule has 1 aliphatic carbocycles. The number of nitrogens with one attached hydrogen (secondary N) is 2. The van der Waals surface area contributed by atoms with E-state index in [1.54, 1.807) is 7.11 Å². The van der Waals surface area contributed by atoms with E-state index >= 15 is 0 Å². The van der Waals surface area contributed by atoms with Crippen molar-refractivity contribution in [3.05, 3.63) is 29.8 Å². The summed E-state index contributed by atoms with van der Waals surface area (Å²) in [7, 11) is 1.65. The predicted molar refractivity (Wildman–Crippen MR) is 98.1 cm³/mol. The highest BCUT2D eigenvalue weighted by Crippen LogP contribution is 2.39. The molecule has 0 unspecified atom stereocenters. The Morgan fingerprint density at radius 3 is 2.54 bits per heavy atom. The maximum absolute atomic E-state index is 12.3. The fourth-order valence-corrected chi connectivity index (χ4v) is 4.04. The lowest BCUT2D eigenvalue weighted by molar-refractivity contribution is -0.139. The maximum atomic E-state index is 12.3. The number of methoxy groups -OCH3 is 1. The molecule has 3 rings (SSSR count). The predicted octanol–water partition coefficient (Wildman–Crippen LogP) is 1.92. The van der Waals surface area contributed by atoms with Crippen LogP contribution in [0.3, 0.4) is 0 Å². The molecule has 0 spiro atoms. The Kier molecular flexibility index (Phi) is 6.14. The number of amides is 2. The number of para-hydroxylation sites is 1. The van der Waals surface area contributed by atoms with Crippen LogP contribution >= 0.6 is 0 Å². The molecular weight excluding hydrogens is 332 g/mol. The molecule has 0 bridgehead atoms. The normalized spacial score (nSPS) is 19.7. The molecule has 0 aromatic heterocycles. The van der Waals surface area contributed by atoms with Crippen LogP contribution in [0.1, 0.15) is 44.1 Å². The number of ether oxygens (including phenoxy) is 2. The molecule has 1 saturated carbocycles. The van der Waals surface area contributed by atoms with Crippen molar-refractivity contribution in [1.82, 2.24) is 10.6 Å². The van der Waals surface area contributed by atoms with Gasteiger partial charge < -0.3 is 20.1 Å². The van der Waals surface area contributed by atoms with Crippen molar-refractivity contribution in [3.8, 4) is 5.75 Å². The molecule has 2 aliphatic rings. The van der Waals surface area contributed by atoms with Gasteiger partial charge in [-0.1, -0.05) is 31.0 Å². The number of hydrogen-bond donors (Lipinski definition) is 2. The first-order valence-corrected chi connectivity index (χ1v) is 9.44. The van der Waals surface area contributed by atoms with Crippen molar-refractivity contribution in [2.45, 2.75) is 50.0 Å². The van der Waals surface area contributed by atoms with E-state index in [9.17, 15) is 9.59 Å². The van der Waals surface area contributed by atoms with Gasteiger partial charge in [0.1, 0.15) is 5.75 Å². The van der Waals surface area contributed by atoms with Crippen LogP contribution in [-0.4, -0.2) is 44.7 Å². The fourth-order valence-electron chi connectivity index (χ4n) is 4.04. The summed E-state index contributed by atoms with van der Waals surface area (Å²) in [6.45, 7) is 1.65. The highest BCUT2D eigenvalue weighted by molar-refractivity contribution is 6.35. The third kappa shape index (κ3) is 4.18. The quantitative estimate of drug-likeness (QED) is 0.787. The van der Waals surface area contributed by atoms with Crippen LogP contribution in [0.25, 0.3) is 0 Å². The Balaban J connectivity index is 1.68. The minimum atomic E-state index is -0.558. The molecule has 0 radical (unpaired) electrons. The number of benzene rings is 1. The Labute approximate surface area is 154 Å². The van der Waals surface area contributed by atoms with Gasteiger partial charge >= 0.3 is 11.8 Å². The lowest BCUT2D eigenvalue weighted by Crippen LogP contribution is -2.49. The highest BCUT2D eigenvalue weighted by Gasteiger charge is 2.37. The summed E-state index contributed by atoms with van der Waals surface area (Å²) in [6, 6.07) is 8.02. The minimum absolute atomic E-state index is 0.138. The van der Waals surface area contributed by atoms with Crippen molar-refractivity contribution in [3.63, 3.8) is 0 Å². The molecule has 6 heteroatoms. The third-order valence-corrected chi connectivity index (χ3v) is 5.61. The van der Waals surface area contributed by atoms with Gasteiger partial charge in [-0.2, -0.15) is 0 Å². The summed E-state index contributed by atoms with van der Waals surface area (Å²) in [4.78, 5) is 24.5. The first kappa shape index (κ1) is 18.7. The van der Waals surface area contributed by atoms with Gasteiger partial charge in [0.05, 0.1) is 7.11 Å². The largest absolute Gasteiger partial charge is 0.496 e. The van der Waals surface area contributed by atoms with Crippen LogP contribution in [0.4, 0.5) is 0 Å². The standard InChI is InChI=1S/C20H28N2O4/c1-25-17-9-5-4-8-16(17)20(10-12-26-13-11-20)14-21-18(23)19(24)22-15-6-2-3-7-15/h4-5,8-9,15H,2-3,6-7,10-14H2,1H3,(H,21,23)(H,22,24). The minimum Gasteiger partial charge on any atom is -0.496 e. The van der Waals surface area contributed by atoms with E-state index in [2.05, 4.69) is 10.6 Å². The second-order valence-electron chi connectivity index (χ2n) is 7.23. The van der Waals surface area contributed by atoms with Gasteiger partial charge in [0.15, 0.2) is 0 Å². The Bertz CT molecular complexity index is 634. The molecule has 1 aliphatic heterocycles. The van der Waals surface area contributed by atoms with Crippen molar-refractivity contribution in [2.75, 3.05) is 26.9 Å². The number of carbonyl (C=O) groups is 2. The van der Waals surface area contributed by atoms with Crippen LogP contribution in [0.5, 0.6) is 5.75 Å². The van der Waals surface area contributed by atoms with Gasteiger partial charge in [-0.15, -0.1) is 0 Å². The average Bonchev–Trinajstić information content (AvgIpc) is 3.19. The summed E-state index contributed by atoms with van der Waals surface area (Å²) >= 11 is 0. The zero-order valence-electron chi connectivity index (χ0n) is 15.4. The number of rotatable bonds is 5. The molecule has 2 N–H and O–H groups in total. The lowest BCUT2D eigenvalue weighted by atomic mass is 9.73. The van der Waals surface area contributed by atoms with Gasteiger partial charge in [-0.3, -0.25) is 9.59 Å². The molecular formula is C20H28N2O4. The van der Waals surface area contributed by atoms with E-state index in [-0.39, 0.29) is 11.5 Å². The first-order valence-electron chi connectivity index (χ1n) is 9.44. The molecule has 2 amide bonds. The van der Waals surface area contributed by atoms with E-state index in [0.29, 0.717) is 19.8 Å². The second-order valence-corrected chi connectivity index (χ2v) is 7.23. The Morgan fingerprint density at radius 2 is 1.85 bits per heavy atom. The van der Waals surface area contributed by atoms with Gasteiger partial charge in [0.2, 0.25) is 0 Å². The summed E-state index contributed by atoms with van der Waals surface area (Å²) in [5.41, 5.74) is 0.774. The topological polar surface area (TPSA) is 76.7 Å². The van der Waals surface area contributed by atoms with Crippen LogP contribution in [0.2, 0.25) is 0 Å². The molecule has 142 valence electrons. The van der Waals surface area contributed by atoms with E-state index < -0.39 is 11.8 Å². The molecule has 2 fully saturated rings. The van der Waals surface area contributed by atoms with Crippen LogP contribution < -0.4 is 15.4 Å². The summed E-state index contributed by atoms with van der Waals surface area (Å²) in [6.07, 6.45) is 5.70. The fraction of sp³-hybridized carbons (Fsp3) is 0.600. The summed E-state index contributed by atoms with van der Waals surface area (Å²) < 4.78 is 11.1. The average molecular weight is 360 g/mol. The molecule has 1 heterocycles. The van der Waals surface area contributed by atoms with Crippen LogP contribution in [-0.2, 0) is 19.7 Å².